The van der Waals surface area contributed by atoms with Crippen LogP contribution in [0.15, 0.2) is 4.99 Å². The number of guanidine groups is 1. The zero-order valence-corrected chi connectivity index (χ0v) is 14.6. The van der Waals surface area contributed by atoms with E-state index in [1.807, 2.05) is 0 Å². The Kier molecular flexibility index (Phi) is 4.71. The van der Waals surface area contributed by atoms with Gasteiger partial charge in [-0.25, -0.2) is 15.5 Å². The van der Waals surface area contributed by atoms with E-state index < -0.39 is 23.9 Å². The highest BCUT2D eigenvalue weighted by Crippen LogP contribution is 2.23. The number of hydrogen-bond acceptors (Lipinski definition) is 4. The highest BCUT2D eigenvalue weighted by molar-refractivity contribution is 6.25. The van der Waals surface area contributed by atoms with Gasteiger partial charge in [-0.3, -0.25) is 29.4 Å². The van der Waals surface area contributed by atoms with Gasteiger partial charge in [0, 0.05) is 14.1 Å². The minimum Gasteiger partial charge on any atom is -0.291 e. The summed E-state index contributed by atoms with van der Waals surface area (Å²) in [5, 5.41) is 0. The monoisotopic (exact) mass is 350 g/mol. The lowest BCUT2D eigenvalue weighted by molar-refractivity contribution is -0.531. The van der Waals surface area contributed by atoms with E-state index in [0.29, 0.717) is 11.8 Å². The molecule has 3 aliphatic rings. The zero-order valence-electron chi connectivity index (χ0n) is 14.6. The van der Waals surface area contributed by atoms with Crippen LogP contribution in [0, 0.1) is 0 Å². The van der Waals surface area contributed by atoms with Crippen molar-refractivity contribution in [1.29, 1.82) is 0 Å². The van der Waals surface area contributed by atoms with Gasteiger partial charge in [0.05, 0.1) is 13.1 Å². The second-order valence-electron chi connectivity index (χ2n) is 6.51. The van der Waals surface area contributed by atoms with Gasteiger partial charge in [-0.2, -0.15) is 0 Å². The van der Waals surface area contributed by atoms with E-state index in [-0.39, 0.29) is 6.54 Å². The average molecular weight is 350 g/mol. The Hall–Kier alpha value is -2.49. The lowest BCUT2D eigenvalue weighted by atomic mass is 10.1. The highest BCUT2D eigenvalue weighted by Gasteiger charge is 2.55. The molecule has 0 aromatic rings. The van der Waals surface area contributed by atoms with Crippen molar-refractivity contribution in [3.05, 3.63) is 0 Å². The summed E-state index contributed by atoms with van der Waals surface area (Å²) in [7, 11) is 3.02. The zero-order chi connectivity index (χ0) is 18.1. The van der Waals surface area contributed by atoms with Crippen LogP contribution >= 0.6 is 0 Å². The summed E-state index contributed by atoms with van der Waals surface area (Å²) >= 11 is 0. The first-order valence-corrected chi connectivity index (χ1v) is 8.47. The lowest BCUT2D eigenvalue weighted by Crippen LogP contribution is -2.63. The number of amidine groups is 1. The van der Waals surface area contributed by atoms with Gasteiger partial charge in [0.25, 0.3) is 11.8 Å². The average Bonchev–Trinajstić information content (AvgIpc) is 2.79. The number of nitrogens with zero attached hydrogens (tertiary/aromatic N) is 5. The van der Waals surface area contributed by atoms with E-state index in [9.17, 15) is 14.4 Å². The standard InChI is InChI=1S/C15H23N7O3/c1-19-12-11(13(24)20(2)15(19)25)22(9-10(23)18-16)14(17-12)21-7-5-3-4-6-8-21/h11H,3-9,16H2,1-2H3/p+1. The molecule has 2 fully saturated rings. The van der Waals surface area contributed by atoms with E-state index in [2.05, 4.69) is 15.0 Å². The number of fused-ring (bicyclic) bond motifs is 1. The van der Waals surface area contributed by atoms with Gasteiger partial charge in [0.2, 0.25) is 11.9 Å². The predicted octanol–water partition coefficient (Wildman–Crippen LogP) is -1.47. The maximum absolute atomic E-state index is 12.7. The molecule has 10 nitrogen and oxygen atoms in total. The van der Waals surface area contributed by atoms with Crippen molar-refractivity contribution < 1.29 is 19.0 Å². The molecule has 3 rings (SSSR count). The van der Waals surface area contributed by atoms with Crippen LogP contribution in [0.3, 0.4) is 0 Å². The fourth-order valence-corrected chi connectivity index (χ4v) is 3.47. The molecule has 25 heavy (non-hydrogen) atoms. The Labute approximate surface area is 145 Å². The molecule has 0 aromatic carbocycles. The normalized spacial score (nSPS) is 24.4. The number of imide groups is 1. The lowest BCUT2D eigenvalue weighted by Gasteiger charge is -2.32. The molecule has 3 heterocycles. The van der Waals surface area contributed by atoms with Crippen LogP contribution in [-0.2, 0) is 9.59 Å². The fourth-order valence-electron chi connectivity index (χ4n) is 3.47. The van der Waals surface area contributed by atoms with Gasteiger partial charge < -0.3 is 0 Å². The van der Waals surface area contributed by atoms with E-state index >= 15 is 0 Å². The number of carbonyl (C=O) groups is 3. The summed E-state index contributed by atoms with van der Waals surface area (Å²) in [6, 6.07) is -1.22. The summed E-state index contributed by atoms with van der Waals surface area (Å²) in [5.74, 6) is 5.34. The minimum absolute atomic E-state index is 0.0956. The topological polar surface area (TPSA) is 114 Å². The van der Waals surface area contributed by atoms with Gasteiger partial charge >= 0.3 is 12.0 Å². The first-order chi connectivity index (χ1) is 12.0. The van der Waals surface area contributed by atoms with Crippen molar-refractivity contribution in [3.8, 4) is 0 Å². The first-order valence-electron chi connectivity index (χ1n) is 8.47. The predicted molar refractivity (Wildman–Crippen MR) is 89.7 cm³/mol. The Morgan fingerprint density at radius 2 is 1.84 bits per heavy atom. The summed E-state index contributed by atoms with van der Waals surface area (Å²) in [6.45, 7) is 1.52. The molecule has 136 valence electrons. The summed E-state index contributed by atoms with van der Waals surface area (Å²) < 4.78 is 2.09. The van der Waals surface area contributed by atoms with Crippen molar-refractivity contribution >= 4 is 29.6 Å². The van der Waals surface area contributed by atoms with Crippen LogP contribution < -0.4 is 11.3 Å². The highest BCUT2D eigenvalue weighted by atomic mass is 16.2. The fraction of sp³-hybridized carbons (Fsp3) is 0.667. The van der Waals surface area contributed by atoms with Gasteiger partial charge in [-0.15, -0.1) is 0 Å². The summed E-state index contributed by atoms with van der Waals surface area (Å²) in [4.78, 5) is 45.5. The number of nitrogens with two attached hydrogens (primary N) is 1. The van der Waals surface area contributed by atoms with Crippen molar-refractivity contribution in [2.75, 3.05) is 33.7 Å². The third kappa shape index (κ3) is 2.97. The second kappa shape index (κ2) is 6.79. The largest absolute Gasteiger partial charge is 0.392 e. The van der Waals surface area contributed by atoms with E-state index in [1.54, 1.807) is 11.9 Å². The van der Waals surface area contributed by atoms with Gasteiger partial charge in [0.15, 0.2) is 0 Å². The second-order valence-corrected chi connectivity index (χ2v) is 6.51. The Balaban J connectivity index is 2.05. The molecular formula is C15H24N7O3+. The van der Waals surface area contributed by atoms with Crippen molar-refractivity contribution in [3.63, 3.8) is 0 Å². The quantitative estimate of drug-likeness (QED) is 0.273. The van der Waals surface area contributed by atoms with Crippen LogP contribution in [0.2, 0.25) is 0 Å². The molecule has 3 aliphatic heterocycles. The maximum atomic E-state index is 12.7. The minimum atomic E-state index is -0.789. The molecule has 0 aromatic heterocycles. The number of hydrogen-bond donors (Lipinski definition) is 2. The maximum Gasteiger partial charge on any atom is 0.392 e. The number of urea groups is 1. The molecule has 0 saturated carbocycles. The summed E-state index contributed by atoms with van der Waals surface area (Å²) in [5.41, 5.74) is 2.10. The molecule has 0 bridgehead atoms. The van der Waals surface area contributed by atoms with Crippen LogP contribution in [0.1, 0.15) is 25.7 Å². The van der Waals surface area contributed by atoms with Crippen molar-refractivity contribution in [1.82, 2.24) is 20.1 Å². The number of amides is 4. The van der Waals surface area contributed by atoms with Crippen LogP contribution in [-0.4, -0.2) is 88.7 Å². The molecule has 10 heteroatoms. The first kappa shape index (κ1) is 17.3. The van der Waals surface area contributed by atoms with Crippen molar-refractivity contribution in [2.45, 2.75) is 31.7 Å². The number of nitrogens with one attached hydrogen (secondary N) is 1. The summed E-state index contributed by atoms with van der Waals surface area (Å²) in [6.07, 6.45) is 4.34. The SMILES string of the molecule is CN1C(=O)C2C(=NC(=[N+]3CCCCCC3)N2CC(=O)NN)N(C)C1=O. The van der Waals surface area contributed by atoms with Gasteiger partial charge in [-0.05, 0) is 12.8 Å². The van der Waals surface area contributed by atoms with Gasteiger partial charge in [-0.1, -0.05) is 17.8 Å². The molecule has 0 radical (unpaired) electrons. The van der Waals surface area contributed by atoms with Crippen LogP contribution in [0.4, 0.5) is 4.79 Å². The molecule has 0 spiro atoms. The number of rotatable bonds is 2. The van der Waals surface area contributed by atoms with E-state index in [1.165, 1.54) is 11.9 Å². The van der Waals surface area contributed by atoms with Gasteiger partial charge in [0.1, 0.15) is 6.54 Å². The van der Waals surface area contributed by atoms with E-state index in [4.69, 9.17) is 5.84 Å². The smallest absolute Gasteiger partial charge is 0.291 e. The molecule has 1 atom stereocenters. The van der Waals surface area contributed by atoms with Crippen LogP contribution in [0.25, 0.3) is 0 Å². The molecule has 1 unspecified atom stereocenters. The van der Waals surface area contributed by atoms with Crippen molar-refractivity contribution in [2.24, 2.45) is 10.8 Å². The molecular weight excluding hydrogens is 326 g/mol. The molecule has 4 amide bonds. The number of hydrazine groups is 1. The van der Waals surface area contributed by atoms with Crippen LogP contribution in [0.5, 0.6) is 0 Å². The molecule has 3 N–H and O–H groups in total. The number of likely N-dealkylation sites (N-methyl/N-ethyl adjacent to an activating group) is 2. The molecule has 0 aliphatic carbocycles. The Bertz CT molecular complexity index is 662. The third-order valence-corrected chi connectivity index (χ3v) is 4.87. The Morgan fingerprint density at radius 3 is 2.44 bits per heavy atom. The number of carbonyl (C=O) groups excluding carboxylic acids is 3. The third-order valence-electron chi connectivity index (χ3n) is 4.87. The van der Waals surface area contributed by atoms with E-state index in [0.717, 1.165) is 43.7 Å². The Morgan fingerprint density at radius 1 is 1.20 bits per heavy atom. The molecule has 2 saturated heterocycles. The number of aliphatic imine (C=N–C) groups is 1.